The van der Waals surface area contributed by atoms with Crippen LogP contribution < -0.4 is 0 Å². The Bertz CT molecular complexity index is 1050. The van der Waals surface area contributed by atoms with Gasteiger partial charge in [-0.15, -0.1) is 11.8 Å². The Hall–Kier alpha value is -2.73. The molecule has 1 aromatic carbocycles. The third kappa shape index (κ3) is 2.97. The highest BCUT2D eigenvalue weighted by atomic mass is 32.2. The van der Waals surface area contributed by atoms with Crippen molar-refractivity contribution in [3.8, 4) is 5.69 Å². The lowest BCUT2D eigenvalue weighted by Gasteiger charge is -2.08. The molecule has 0 radical (unpaired) electrons. The predicted molar refractivity (Wildman–Crippen MR) is 102 cm³/mol. The number of pyridine rings is 2. The number of benzene rings is 1. The van der Waals surface area contributed by atoms with E-state index in [0.717, 1.165) is 34.0 Å². The molecule has 1 aliphatic rings. The fourth-order valence-corrected chi connectivity index (χ4v) is 3.80. The Kier molecular flexibility index (Phi) is 3.90. The van der Waals surface area contributed by atoms with Gasteiger partial charge in [0, 0.05) is 34.8 Å². The van der Waals surface area contributed by atoms with Crippen LogP contribution in [-0.4, -0.2) is 24.7 Å². The summed E-state index contributed by atoms with van der Waals surface area (Å²) < 4.78 is 1.98. The first-order valence-corrected chi connectivity index (χ1v) is 9.70. The number of rotatable bonds is 5. The van der Waals surface area contributed by atoms with Gasteiger partial charge in [0.15, 0.2) is 5.82 Å². The minimum absolute atomic E-state index is 0.517. The van der Waals surface area contributed by atoms with Gasteiger partial charge in [-0.1, -0.05) is 18.2 Å². The summed E-state index contributed by atoms with van der Waals surface area (Å²) in [6.07, 6.45) is 7.84. The average Bonchev–Trinajstić information content (AvgIpc) is 3.47. The van der Waals surface area contributed by atoms with Gasteiger partial charge in [0.1, 0.15) is 5.82 Å². The van der Waals surface area contributed by atoms with E-state index < -0.39 is 0 Å². The highest BCUT2D eigenvalue weighted by Gasteiger charge is 2.29. The first-order valence-electron chi connectivity index (χ1n) is 8.71. The zero-order valence-corrected chi connectivity index (χ0v) is 14.9. The van der Waals surface area contributed by atoms with Crippen molar-refractivity contribution in [1.82, 2.24) is 24.7 Å². The predicted octanol–water partition coefficient (Wildman–Crippen LogP) is 4.38. The maximum absolute atomic E-state index is 4.86. The second kappa shape index (κ2) is 6.53. The molecule has 0 spiro atoms. The fraction of sp³-hybridized carbons (Fsp3) is 0.200. The van der Waals surface area contributed by atoms with E-state index in [1.165, 1.54) is 17.7 Å². The van der Waals surface area contributed by atoms with Gasteiger partial charge in [-0.05, 0) is 37.1 Å². The minimum Gasteiger partial charge on any atom is -0.265 e. The highest BCUT2D eigenvalue weighted by Crippen LogP contribution is 2.39. The van der Waals surface area contributed by atoms with Gasteiger partial charge in [0.05, 0.1) is 17.0 Å². The maximum atomic E-state index is 4.86. The Morgan fingerprint density at radius 2 is 1.85 bits per heavy atom. The lowest BCUT2D eigenvalue weighted by atomic mass is 10.2. The van der Waals surface area contributed by atoms with Crippen LogP contribution in [0.3, 0.4) is 0 Å². The van der Waals surface area contributed by atoms with Gasteiger partial charge >= 0.3 is 0 Å². The summed E-state index contributed by atoms with van der Waals surface area (Å²) in [5, 5.41) is 5.96. The fourth-order valence-electron chi connectivity index (χ4n) is 3.00. The van der Waals surface area contributed by atoms with Crippen LogP contribution in [0.1, 0.15) is 30.4 Å². The summed E-state index contributed by atoms with van der Waals surface area (Å²) in [5.41, 5.74) is 1.95. The molecular formula is C20H17N5S. The Labute approximate surface area is 155 Å². The molecule has 5 rings (SSSR count). The summed E-state index contributed by atoms with van der Waals surface area (Å²) in [5.74, 6) is 3.20. The molecule has 0 unspecified atom stereocenters. The molecule has 0 atom stereocenters. The monoisotopic (exact) mass is 359 g/mol. The third-order valence-electron chi connectivity index (χ3n) is 4.49. The molecule has 0 bridgehead atoms. The van der Waals surface area contributed by atoms with Crippen LogP contribution in [0.4, 0.5) is 0 Å². The summed E-state index contributed by atoms with van der Waals surface area (Å²) >= 11 is 1.75. The van der Waals surface area contributed by atoms with E-state index in [1.54, 1.807) is 11.8 Å². The molecule has 1 saturated carbocycles. The summed E-state index contributed by atoms with van der Waals surface area (Å²) in [7, 11) is 0. The van der Waals surface area contributed by atoms with Crippen LogP contribution in [0.5, 0.6) is 0 Å². The van der Waals surface area contributed by atoms with E-state index in [9.17, 15) is 0 Å². The van der Waals surface area contributed by atoms with Gasteiger partial charge in [0.2, 0.25) is 0 Å². The topological polar surface area (TPSA) is 56.5 Å². The van der Waals surface area contributed by atoms with Gasteiger partial charge < -0.3 is 0 Å². The van der Waals surface area contributed by atoms with Crippen LogP contribution >= 0.6 is 11.8 Å². The van der Waals surface area contributed by atoms with Crippen molar-refractivity contribution in [2.75, 3.05) is 0 Å². The molecular weight excluding hydrogens is 342 g/mol. The van der Waals surface area contributed by atoms with Crippen LogP contribution in [0.15, 0.2) is 66.0 Å². The van der Waals surface area contributed by atoms with E-state index in [-0.39, 0.29) is 0 Å². The zero-order valence-electron chi connectivity index (χ0n) is 14.1. The van der Waals surface area contributed by atoms with Crippen molar-refractivity contribution in [2.45, 2.75) is 29.4 Å². The van der Waals surface area contributed by atoms with Gasteiger partial charge in [-0.2, -0.15) is 5.10 Å². The van der Waals surface area contributed by atoms with Gasteiger partial charge in [-0.25, -0.2) is 9.67 Å². The standard InChI is InChI=1S/C20H17N5S/c1-3-14-4-2-10-22-19(14)17(5-1)25-18(23-20(24-25)15-6-7-15)13-26-16-8-11-21-12-9-16/h1-5,8-12,15H,6-7,13H2. The molecule has 0 aliphatic heterocycles. The van der Waals surface area contributed by atoms with Crippen LogP contribution in [0, 0.1) is 0 Å². The molecule has 4 aromatic rings. The average molecular weight is 359 g/mol. The molecule has 3 aromatic heterocycles. The summed E-state index contributed by atoms with van der Waals surface area (Å²) in [4.78, 5) is 14.7. The second-order valence-corrected chi connectivity index (χ2v) is 7.44. The number of para-hydroxylation sites is 1. The van der Waals surface area contributed by atoms with Crippen LogP contribution in [0.2, 0.25) is 0 Å². The van der Waals surface area contributed by atoms with Crippen molar-refractivity contribution in [3.05, 3.63) is 72.7 Å². The van der Waals surface area contributed by atoms with Gasteiger partial charge in [0.25, 0.3) is 0 Å². The Balaban J connectivity index is 1.56. The normalized spacial score (nSPS) is 14.0. The molecule has 6 heteroatoms. The minimum atomic E-state index is 0.517. The lowest BCUT2D eigenvalue weighted by Crippen LogP contribution is -2.03. The first kappa shape index (κ1) is 15.5. The van der Waals surface area contributed by atoms with E-state index in [0.29, 0.717) is 5.92 Å². The van der Waals surface area contributed by atoms with Crippen molar-refractivity contribution >= 4 is 22.7 Å². The number of hydrogen-bond donors (Lipinski definition) is 0. The first-order chi connectivity index (χ1) is 12.9. The number of nitrogens with zero attached hydrogens (tertiary/aromatic N) is 5. The Morgan fingerprint density at radius 1 is 1.00 bits per heavy atom. The summed E-state index contributed by atoms with van der Waals surface area (Å²) in [6, 6.07) is 14.3. The van der Waals surface area contributed by atoms with E-state index in [1.807, 2.05) is 41.5 Å². The maximum Gasteiger partial charge on any atom is 0.154 e. The molecule has 5 nitrogen and oxygen atoms in total. The lowest BCUT2D eigenvalue weighted by molar-refractivity contribution is 0.814. The van der Waals surface area contributed by atoms with Crippen molar-refractivity contribution in [3.63, 3.8) is 0 Å². The molecule has 1 fully saturated rings. The van der Waals surface area contributed by atoms with Gasteiger partial charge in [-0.3, -0.25) is 9.97 Å². The number of hydrogen-bond acceptors (Lipinski definition) is 5. The molecule has 3 heterocycles. The number of thioether (sulfide) groups is 1. The molecule has 26 heavy (non-hydrogen) atoms. The SMILES string of the molecule is c1cnc2c(-n3nc(C4CC4)nc3CSc3ccncc3)cccc2c1. The van der Waals surface area contributed by atoms with E-state index >= 15 is 0 Å². The highest BCUT2D eigenvalue weighted by molar-refractivity contribution is 7.98. The molecule has 1 aliphatic carbocycles. The second-order valence-electron chi connectivity index (χ2n) is 6.40. The zero-order chi connectivity index (χ0) is 17.3. The van der Waals surface area contributed by atoms with E-state index in [4.69, 9.17) is 10.1 Å². The largest absolute Gasteiger partial charge is 0.265 e. The third-order valence-corrected chi connectivity index (χ3v) is 5.50. The summed E-state index contributed by atoms with van der Waals surface area (Å²) in [6.45, 7) is 0. The van der Waals surface area contributed by atoms with Crippen LogP contribution in [0.25, 0.3) is 16.6 Å². The molecule has 0 N–H and O–H groups in total. The quantitative estimate of drug-likeness (QED) is 0.495. The number of aromatic nitrogens is 5. The molecule has 128 valence electrons. The van der Waals surface area contributed by atoms with Crippen molar-refractivity contribution in [2.24, 2.45) is 0 Å². The van der Waals surface area contributed by atoms with E-state index in [2.05, 4.69) is 34.2 Å². The molecule has 0 saturated heterocycles. The number of fused-ring (bicyclic) bond motifs is 1. The Morgan fingerprint density at radius 3 is 2.69 bits per heavy atom. The smallest absolute Gasteiger partial charge is 0.154 e. The van der Waals surface area contributed by atoms with Crippen molar-refractivity contribution < 1.29 is 0 Å². The van der Waals surface area contributed by atoms with Crippen LogP contribution in [-0.2, 0) is 5.75 Å². The molecule has 0 amide bonds. The van der Waals surface area contributed by atoms with Crippen molar-refractivity contribution in [1.29, 1.82) is 0 Å².